The van der Waals surface area contributed by atoms with Crippen molar-refractivity contribution in [1.82, 2.24) is 5.32 Å². The zero-order valence-corrected chi connectivity index (χ0v) is 13.5. The molecule has 5 nitrogen and oxygen atoms in total. The molecule has 0 aliphatic rings. The number of carbonyl (C=O) groups is 1. The number of amides is 1. The third kappa shape index (κ3) is 4.79. The van der Waals surface area contributed by atoms with E-state index in [4.69, 9.17) is 0 Å². The van der Waals surface area contributed by atoms with Gasteiger partial charge >= 0.3 is 0 Å². The first-order valence-electron chi connectivity index (χ1n) is 6.89. The number of halogens is 1. The Hall–Kier alpha value is -2.41. The maximum atomic E-state index is 12.9. The summed E-state index contributed by atoms with van der Waals surface area (Å²) in [4.78, 5) is 12.2. The summed E-state index contributed by atoms with van der Waals surface area (Å²) in [6.07, 6.45) is 1.06. The fourth-order valence-electron chi connectivity index (χ4n) is 2.13. The number of hydrogen-bond donors (Lipinski definition) is 2. The molecular weight excluding hydrogens is 319 g/mol. The minimum Gasteiger partial charge on any atom is -0.345 e. The van der Waals surface area contributed by atoms with Gasteiger partial charge < -0.3 is 5.32 Å². The Morgan fingerprint density at radius 3 is 2.30 bits per heavy atom. The Labute approximate surface area is 134 Å². The van der Waals surface area contributed by atoms with Crippen LogP contribution in [0.25, 0.3) is 0 Å². The van der Waals surface area contributed by atoms with Crippen molar-refractivity contribution in [2.24, 2.45) is 0 Å². The van der Waals surface area contributed by atoms with Crippen molar-refractivity contribution in [2.75, 3.05) is 11.0 Å². The van der Waals surface area contributed by atoms with Crippen LogP contribution in [0.5, 0.6) is 0 Å². The lowest BCUT2D eigenvalue weighted by molar-refractivity contribution is 0.0940. The van der Waals surface area contributed by atoms with Crippen molar-refractivity contribution >= 4 is 21.6 Å². The number of hydrogen-bond acceptors (Lipinski definition) is 3. The van der Waals surface area contributed by atoms with E-state index in [1.54, 1.807) is 31.2 Å². The second-order valence-electron chi connectivity index (χ2n) is 5.16. The second kappa shape index (κ2) is 6.78. The highest BCUT2D eigenvalue weighted by atomic mass is 32.2. The zero-order valence-electron chi connectivity index (χ0n) is 12.7. The first-order valence-corrected chi connectivity index (χ1v) is 8.78. The molecule has 2 aromatic rings. The van der Waals surface area contributed by atoms with Crippen LogP contribution in [0.1, 0.15) is 28.9 Å². The summed E-state index contributed by atoms with van der Waals surface area (Å²) in [5.41, 5.74) is 1.36. The number of rotatable bonds is 5. The van der Waals surface area contributed by atoms with E-state index in [9.17, 15) is 17.6 Å². The van der Waals surface area contributed by atoms with Crippen molar-refractivity contribution in [2.45, 2.75) is 13.0 Å². The molecule has 0 aliphatic heterocycles. The Morgan fingerprint density at radius 2 is 1.70 bits per heavy atom. The minimum atomic E-state index is -3.42. The summed E-state index contributed by atoms with van der Waals surface area (Å²) in [7, 11) is -3.42. The molecule has 0 radical (unpaired) electrons. The van der Waals surface area contributed by atoms with Crippen molar-refractivity contribution in [3.05, 3.63) is 65.5 Å². The van der Waals surface area contributed by atoms with Crippen LogP contribution in [-0.4, -0.2) is 20.6 Å². The molecule has 0 spiro atoms. The molecule has 1 amide bonds. The third-order valence-corrected chi connectivity index (χ3v) is 3.77. The molecule has 0 bridgehead atoms. The van der Waals surface area contributed by atoms with Gasteiger partial charge in [-0.1, -0.05) is 18.2 Å². The lowest BCUT2D eigenvalue weighted by Crippen LogP contribution is -2.27. The lowest BCUT2D eigenvalue weighted by Gasteiger charge is -2.18. The first-order chi connectivity index (χ1) is 10.8. The topological polar surface area (TPSA) is 75.3 Å². The number of nitrogens with one attached hydrogen (secondary N) is 2. The number of benzene rings is 2. The van der Waals surface area contributed by atoms with E-state index < -0.39 is 21.9 Å². The third-order valence-electron chi connectivity index (χ3n) is 3.18. The maximum Gasteiger partial charge on any atom is 0.251 e. The van der Waals surface area contributed by atoms with E-state index in [2.05, 4.69) is 10.0 Å². The first kappa shape index (κ1) is 17.0. The largest absolute Gasteiger partial charge is 0.345 e. The van der Waals surface area contributed by atoms with Crippen LogP contribution in [0.2, 0.25) is 0 Å². The highest BCUT2D eigenvalue weighted by molar-refractivity contribution is 7.92. The molecule has 2 rings (SSSR count). The average Bonchev–Trinajstić information content (AvgIpc) is 2.46. The molecule has 23 heavy (non-hydrogen) atoms. The molecular formula is C16H17FN2O3S. The predicted molar refractivity (Wildman–Crippen MR) is 87.2 cm³/mol. The highest BCUT2D eigenvalue weighted by Crippen LogP contribution is 2.23. The monoisotopic (exact) mass is 336 g/mol. The van der Waals surface area contributed by atoms with Crippen LogP contribution in [0.4, 0.5) is 10.1 Å². The van der Waals surface area contributed by atoms with Crippen molar-refractivity contribution in [1.29, 1.82) is 0 Å². The van der Waals surface area contributed by atoms with Crippen LogP contribution in [0, 0.1) is 5.82 Å². The summed E-state index contributed by atoms with van der Waals surface area (Å²) in [5.74, 6) is -0.788. The summed E-state index contributed by atoms with van der Waals surface area (Å²) in [6, 6.07) is 11.6. The summed E-state index contributed by atoms with van der Waals surface area (Å²) in [5, 5.41) is 2.76. The summed E-state index contributed by atoms with van der Waals surface area (Å²) in [6.45, 7) is 1.74. The van der Waals surface area contributed by atoms with Crippen molar-refractivity contribution < 1.29 is 17.6 Å². The van der Waals surface area contributed by atoms with Gasteiger partial charge in [0, 0.05) is 5.56 Å². The van der Waals surface area contributed by atoms with Gasteiger partial charge in [0.2, 0.25) is 10.0 Å². The normalized spacial score (nSPS) is 12.5. The van der Waals surface area contributed by atoms with Gasteiger partial charge in [0.15, 0.2) is 0 Å². The Balaban J connectivity index is 2.19. The van der Waals surface area contributed by atoms with E-state index in [1.807, 2.05) is 0 Å². The highest BCUT2D eigenvalue weighted by Gasteiger charge is 2.16. The molecule has 122 valence electrons. The maximum absolute atomic E-state index is 12.9. The van der Waals surface area contributed by atoms with Gasteiger partial charge in [-0.05, 0) is 42.8 Å². The van der Waals surface area contributed by atoms with Gasteiger partial charge in [-0.15, -0.1) is 0 Å². The smallest absolute Gasteiger partial charge is 0.251 e. The van der Waals surface area contributed by atoms with E-state index in [0.29, 0.717) is 16.8 Å². The quantitative estimate of drug-likeness (QED) is 0.881. The molecule has 2 aromatic carbocycles. The molecule has 0 aliphatic carbocycles. The van der Waals surface area contributed by atoms with Gasteiger partial charge in [-0.3, -0.25) is 9.52 Å². The number of carbonyl (C=O) groups excluding carboxylic acids is 1. The van der Waals surface area contributed by atoms with Crippen LogP contribution in [0.3, 0.4) is 0 Å². The van der Waals surface area contributed by atoms with Crippen molar-refractivity contribution in [3.8, 4) is 0 Å². The molecule has 1 atom stereocenters. The molecule has 0 unspecified atom stereocenters. The molecule has 0 heterocycles. The van der Waals surface area contributed by atoms with Crippen LogP contribution in [-0.2, 0) is 10.0 Å². The van der Waals surface area contributed by atoms with Gasteiger partial charge in [-0.25, -0.2) is 12.8 Å². The number of anilines is 1. The van der Waals surface area contributed by atoms with Gasteiger partial charge in [0.25, 0.3) is 5.91 Å². The van der Waals surface area contributed by atoms with E-state index in [0.717, 1.165) is 6.26 Å². The van der Waals surface area contributed by atoms with Crippen LogP contribution >= 0.6 is 0 Å². The standard InChI is InChI=1S/C16H17FN2O3S/c1-11(18-16(20)12-7-9-13(17)10-8-12)14-5-3-4-6-15(14)19-23(2,21)22/h3-11,19H,1-2H3,(H,18,20)/t11-/m0/s1. The summed E-state index contributed by atoms with van der Waals surface area (Å²) >= 11 is 0. The molecule has 2 N–H and O–H groups in total. The van der Waals surface area contributed by atoms with E-state index >= 15 is 0 Å². The molecule has 0 saturated heterocycles. The zero-order chi connectivity index (χ0) is 17.0. The van der Waals surface area contributed by atoms with Gasteiger partial charge in [0.05, 0.1) is 18.0 Å². The Morgan fingerprint density at radius 1 is 1.09 bits per heavy atom. The minimum absolute atomic E-state index is 0.326. The predicted octanol–water partition coefficient (Wildman–Crippen LogP) is 2.69. The van der Waals surface area contributed by atoms with Gasteiger partial charge in [0.1, 0.15) is 5.82 Å². The molecule has 0 aromatic heterocycles. The molecule has 0 saturated carbocycles. The van der Waals surface area contributed by atoms with Crippen LogP contribution in [0.15, 0.2) is 48.5 Å². The molecule has 7 heteroatoms. The van der Waals surface area contributed by atoms with Crippen molar-refractivity contribution in [3.63, 3.8) is 0 Å². The summed E-state index contributed by atoms with van der Waals surface area (Å²) < 4.78 is 38.1. The van der Waals surface area contributed by atoms with E-state index in [-0.39, 0.29) is 5.91 Å². The second-order valence-corrected chi connectivity index (χ2v) is 6.91. The van der Waals surface area contributed by atoms with Crippen LogP contribution < -0.4 is 10.0 Å². The number of sulfonamides is 1. The Kier molecular flexibility index (Phi) is 5.00. The SMILES string of the molecule is C[C@H](NC(=O)c1ccc(F)cc1)c1ccccc1NS(C)(=O)=O. The lowest BCUT2D eigenvalue weighted by atomic mass is 10.1. The fourth-order valence-corrected chi connectivity index (χ4v) is 2.71. The van der Waals surface area contributed by atoms with E-state index in [1.165, 1.54) is 24.3 Å². The number of para-hydroxylation sites is 1. The van der Waals surface area contributed by atoms with Gasteiger partial charge in [-0.2, -0.15) is 0 Å². The average molecular weight is 336 g/mol. The fraction of sp³-hybridized carbons (Fsp3) is 0.188. The molecule has 0 fully saturated rings. The Bertz CT molecular complexity index is 804.